The summed E-state index contributed by atoms with van der Waals surface area (Å²) in [5.41, 5.74) is 6.13. The van der Waals surface area contributed by atoms with E-state index < -0.39 is 10.1 Å². The van der Waals surface area contributed by atoms with Crippen molar-refractivity contribution in [3.8, 4) is 17.2 Å². The number of para-hydroxylation sites is 2. The molecule has 166 valence electrons. The molecule has 0 spiro atoms. The molecular formula is C21H30N2O6S. The van der Waals surface area contributed by atoms with Gasteiger partial charge in [0.15, 0.2) is 11.5 Å². The van der Waals surface area contributed by atoms with E-state index in [0.29, 0.717) is 25.0 Å². The van der Waals surface area contributed by atoms with Crippen molar-refractivity contribution in [3.05, 3.63) is 54.1 Å². The predicted molar refractivity (Wildman–Crippen MR) is 117 cm³/mol. The molecule has 0 saturated carbocycles. The zero-order valence-electron chi connectivity index (χ0n) is 17.3. The zero-order valence-corrected chi connectivity index (χ0v) is 18.2. The smallest absolute Gasteiger partial charge is 0.261 e. The summed E-state index contributed by atoms with van der Waals surface area (Å²) in [6.07, 6.45) is 4.92. The third-order valence-electron chi connectivity index (χ3n) is 3.80. The summed E-state index contributed by atoms with van der Waals surface area (Å²) in [6.45, 7) is 1.38. The van der Waals surface area contributed by atoms with Crippen molar-refractivity contribution in [2.24, 2.45) is 5.73 Å². The van der Waals surface area contributed by atoms with Crippen molar-refractivity contribution in [1.29, 1.82) is 5.41 Å². The Labute approximate surface area is 178 Å². The molecule has 0 unspecified atom stereocenters. The van der Waals surface area contributed by atoms with Gasteiger partial charge >= 0.3 is 0 Å². The number of nitrogen functional groups attached to an aromatic ring is 1. The Bertz CT molecular complexity index is 861. The van der Waals surface area contributed by atoms with E-state index in [2.05, 4.69) is 0 Å². The lowest BCUT2D eigenvalue weighted by Gasteiger charge is -2.10. The van der Waals surface area contributed by atoms with Crippen LogP contribution in [0, 0.1) is 5.41 Å². The molecule has 0 bridgehead atoms. The minimum absolute atomic E-state index is 0.0712. The van der Waals surface area contributed by atoms with Crippen LogP contribution in [0.5, 0.6) is 17.2 Å². The first-order valence-corrected chi connectivity index (χ1v) is 11.3. The van der Waals surface area contributed by atoms with E-state index in [9.17, 15) is 8.42 Å². The van der Waals surface area contributed by atoms with Crippen LogP contribution >= 0.6 is 0 Å². The highest BCUT2D eigenvalue weighted by Gasteiger charge is 2.02. The molecule has 2 aromatic carbocycles. The Morgan fingerprint density at radius 2 is 1.43 bits per heavy atom. The molecule has 0 atom stereocenters. The maximum atomic E-state index is 9.19. The zero-order chi connectivity index (χ0) is 22.4. The summed E-state index contributed by atoms with van der Waals surface area (Å²) in [7, 11) is -2.02. The third-order valence-corrected chi connectivity index (χ3v) is 3.80. The molecule has 0 fully saturated rings. The van der Waals surface area contributed by atoms with Crippen LogP contribution in [-0.2, 0) is 10.1 Å². The lowest BCUT2D eigenvalue weighted by atomic mass is 10.2. The Hall–Kier alpha value is -2.78. The second kappa shape index (κ2) is 13.4. The van der Waals surface area contributed by atoms with Gasteiger partial charge in [-0.1, -0.05) is 12.1 Å². The molecule has 4 N–H and O–H groups in total. The quantitative estimate of drug-likeness (QED) is 0.212. The number of amidine groups is 1. The highest BCUT2D eigenvalue weighted by atomic mass is 32.2. The van der Waals surface area contributed by atoms with E-state index in [-0.39, 0.29) is 5.84 Å². The summed E-state index contributed by atoms with van der Waals surface area (Å²) >= 11 is 0. The third kappa shape index (κ3) is 11.9. The second-order valence-electron chi connectivity index (χ2n) is 6.43. The van der Waals surface area contributed by atoms with Crippen LogP contribution in [-0.4, -0.2) is 45.4 Å². The van der Waals surface area contributed by atoms with Gasteiger partial charge in [0.05, 0.1) is 26.6 Å². The molecule has 2 aromatic rings. The van der Waals surface area contributed by atoms with Gasteiger partial charge in [-0.15, -0.1) is 0 Å². The molecule has 0 radical (unpaired) electrons. The van der Waals surface area contributed by atoms with Gasteiger partial charge in [-0.2, -0.15) is 8.42 Å². The van der Waals surface area contributed by atoms with Crippen molar-refractivity contribution in [3.63, 3.8) is 0 Å². The molecule has 0 amide bonds. The van der Waals surface area contributed by atoms with Crippen molar-refractivity contribution in [2.45, 2.75) is 25.7 Å². The highest BCUT2D eigenvalue weighted by Crippen LogP contribution is 2.25. The lowest BCUT2D eigenvalue weighted by Crippen LogP contribution is -2.10. The van der Waals surface area contributed by atoms with E-state index in [0.717, 1.165) is 42.9 Å². The molecule has 0 heterocycles. The predicted octanol–water partition coefficient (Wildman–Crippen LogP) is 3.50. The second-order valence-corrected chi connectivity index (χ2v) is 7.90. The summed E-state index contributed by atoms with van der Waals surface area (Å²) in [5, 5.41) is 7.35. The fraction of sp³-hybridized carbons (Fsp3) is 0.381. The minimum atomic E-state index is -3.67. The van der Waals surface area contributed by atoms with Gasteiger partial charge in [0.25, 0.3) is 10.1 Å². The van der Waals surface area contributed by atoms with Crippen LogP contribution in [0.1, 0.15) is 31.2 Å². The lowest BCUT2D eigenvalue weighted by molar-refractivity contribution is 0.277. The largest absolute Gasteiger partial charge is 0.494 e. The number of ether oxygens (including phenoxy) is 3. The van der Waals surface area contributed by atoms with Gasteiger partial charge < -0.3 is 19.9 Å². The summed E-state index contributed by atoms with van der Waals surface area (Å²) in [5.74, 6) is 2.44. The number of nitrogens with one attached hydrogen (secondary N) is 1. The maximum Gasteiger partial charge on any atom is 0.261 e. The number of hydrogen-bond donors (Lipinski definition) is 3. The molecular weight excluding hydrogens is 408 g/mol. The molecule has 0 aliphatic rings. The monoisotopic (exact) mass is 438 g/mol. The normalized spacial score (nSPS) is 10.5. The minimum Gasteiger partial charge on any atom is -0.494 e. The highest BCUT2D eigenvalue weighted by molar-refractivity contribution is 7.85. The number of hydrogen-bond acceptors (Lipinski definition) is 6. The fourth-order valence-electron chi connectivity index (χ4n) is 2.40. The summed E-state index contributed by atoms with van der Waals surface area (Å²) < 4.78 is 42.6. The van der Waals surface area contributed by atoms with E-state index in [4.69, 9.17) is 29.9 Å². The van der Waals surface area contributed by atoms with Crippen LogP contribution in [0.3, 0.4) is 0 Å². The molecule has 9 heteroatoms. The summed E-state index contributed by atoms with van der Waals surface area (Å²) in [6, 6.07) is 15.0. The Morgan fingerprint density at radius 1 is 0.933 bits per heavy atom. The van der Waals surface area contributed by atoms with E-state index in [1.807, 2.05) is 36.4 Å². The molecule has 8 nitrogen and oxygen atoms in total. The van der Waals surface area contributed by atoms with Crippen LogP contribution < -0.4 is 19.9 Å². The Morgan fingerprint density at radius 3 is 1.93 bits per heavy atom. The molecule has 0 saturated heterocycles. The Kier molecular flexibility index (Phi) is 11.3. The van der Waals surface area contributed by atoms with E-state index in [1.54, 1.807) is 19.2 Å². The van der Waals surface area contributed by atoms with Crippen LogP contribution in [0.25, 0.3) is 0 Å². The molecule has 30 heavy (non-hydrogen) atoms. The Balaban J connectivity index is 0.000000804. The van der Waals surface area contributed by atoms with Crippen LogP contribution in [0.4, 0.5) is 0 Å². The van der Waals surface area contributed by atoms with Gasteiger partial charge in [0.2, 0.25) is 0 Å². The number of rotatable bonds is 11. The number of nitrogens with two attached hydrogens (primary N) is 1. The molecule has 0 aliphatic heterocycles. The van der Waals surface area contributed by atoms with Crippen molar-refractivity contribution in [1.82, 2.24) is 0 Å². The van der Waals surface area contributed by atoms with Crippen molar-refractivity contribution < 1.29 is 27.2 Å². The first-order chi connectivity index (χ1) is 14.2. The van der Waals surface area contributed by atoms with Crippen LogP contribution in [0.15, 0.2) is 48.5 Å². The maximum absolute atomic E-state index is 9.19. The molecule has 0 aromatic heterocycles. The first kappa shape index (κ1) is 25.3. The van der Waals surface area contributed by atoms with Gasteiger partial charge in [0.1, 0.15) is 11.6 Å². The standard InChI is InChI=1S/C20H26N2O3.CH4O3S/c1-23-18-8-4-5-9-19(18)25-15-7-3-2-6-14-24-17-12-10-16(11-13-17)20(21)22;1-5(2,3)4/h4-5,8-13H,2-3,6-7,14-15H2,1H3,(H3,21,22);1H3,(H,2,3,4). The molecule has 0 aliphatic carbocycles. The SMILES string of the molecule is COc1ccccc1OCCCCCCOc1ccc(C(=N)N)cc1.CS(=O)(=O)O. The van der Waals surface area contributed by atoms with Crippen LogP contribution in [0.2, 0.25) is 0 Å². The van der Waals surface area contributed by atoms with Gasteiger partial charge in [-0.05, 0) is 62.1 Å². The first-order valence-electron chi connectivity index (χ1n) is 9.46. The van der Waals surface area contributed by atoms with Crippen molar-refractivity contribution in [2.75, 3.05) is 26.6 Å². The number of methoxy groups -OCH3 is 1. The fourth-order valence-corrected chi connectivity index (χ4v) is 2.40. The average Bonchev–Trinajstić information content (AvgIpc) is 2.69. The molecule has 2 rings (SSSR count). The topological polar surface area (TPSA) is 132 Å². The number of unbranched alkanes of at least 4 members (excludes halogenated alkanes) is 3. The van der Waals surface area contributed by atoms with Gasteiger partial charge in [0, 0.05) is 5.56 Å². The van der Waals surface area contributed by atoms with Gasteiger partial charge in [-0.3, -0.25) is 9.96 Å². The van der Waals surface area contributed by atoms with E-state index in [1.165, 1.54) is 0 Å². The average molecular weight is 439 g/mol. The number of benzene rings is 2. The van der Waals surface area contributed by atoms with E-state index >= 15 is 0 Å². The summed E-state index contributed by atoms with van der Waals surface area (Å²) in [4.78, 5) is 0. The van der Waals surface area contributed by atoms with Gasteiger partial charge in [-0.25, -0.2) is 0 Å². The van der Waals surface area contributed by atoms with Crippen molar-refractivity contribution >= 4 is 16.0 Å².